The molecule has 3 aliphatic heterocycles. The summed E-state index contributed by atoms with van der Waals surface area (Å²) in [6.45, 7) is 3.84. The zero-order valence-electron chi connectivity index (χ0n) is 39.7. The maximum Gasteiger partial charge on any atom is 0.255 e. The highest BCUT2D eigenvalue weighted by Crippen LogP contribution is 2.36. The fourth-order valence-electron chi connectivity index (χ4n) is 8.40. The van der Waals surface area contributed by atoms with Gasteiger partial charge in [0.05, 0.1) is 69.6 Å². The molecule has 3 aliphatic rings. The number of aromatic nitrogens is 2. The van der Waals surface area contributed by atoms with Crippen molar-refractivity contribution in [3.63, 3.8) is 0 Å². The molecule has 0 spiro atoms. The van der Waals surface area contributed by atoms with Crippen LogP contribution in [0, 0.1) is 11.6 Å². The number of fused-ring (bicyclic) bond motifs is 4. The van der Waals surface area contributed by atoms with Crippen LogP contribution in [-0.4, -0.2) is 116 Å². The van der Waals surface area contributed by atoms with E-state index in [0.717, 1.165) is 19.3 Å². The number of nitrogens with zero attached hydrogens (tertiary/aromatic N) is 4. The first-order valence-electron chi connectivity index (χ1n) is 23.7. The number of piperidine rings is 1. The lowest BCUT2D eigenvalue weighted by Gasteiger charge is -2.29. The Morgan fingerprint density at radius 2 is 1.49 bits per heavy atom. The third-order valence-electron chi connectivity index (χ3n) is 12.0. The van der Waals surface area contributed by atoms with Crippen LogP contribution in [0.3, 0.4) is 0 Å². The second-order valence-electron chi connectivity index (χ2n) is 17.0. The van der Waals surface area contributed by atoms with E-state index in [-0.39, 0.29) is 92.2 Å². The molecule has 4 aromatic carbocycles. The summed E-state index contributed by atoms with van der Waals surface area (Å²) in [6, 6.07) is 19.9. The molecule has 0 aliphatic carbocycles. The highest BCUT2D eigenvalue weighted by atomic mass is 35.5. The zero-order chi connectivity index (χ0) is 50.4. The van der Waals surface area contributed by atoms with Gasteiger partial charge in [0, 0.05) is 88.7 Å². The second kappa shape index (κ2) is 26.3. The number of rotatable bonds is 24. The monoisotopic (exact) mass is 1040 g/mol. The number of hydrogen-bond acceptors (Lipinski definition) is 13. The van der Waals surface area contributed by atoms with Crippen LogP contribution >= 0.6 is 24.0 Å². The number of ether oxygens (including phenoxy) is 4. The third kappa shape index (κ3) is 14.1. The molecule has 8 rings (SSSR count). The van der Waals surface area contributed by atoms with E-state index in [1.54, 1.807) is 66.9 Å². The highest BCUT2D eigenvalue weighted by molar-refractivity contribution is 6.31. The lowest BCUT2D eigenvalue weighted by Crippen LogP contribution is -2.52. The molecule has 1 unspecified atom stereocenters. The van der Waals surface area contributed by atoms with E-state index in [9.17, 15) is 32.8 Å². The van der Waals surface area contributed by atoms with Gasteiger partial charge in [-0.1, -0.05) is 29.8 Å². The van der Waals surface area contributed by atoms with Gasteiger partial charge in [0.2, 0.25) is 23.7 Å². The van der Waals surface area contributed by atoms with Crippen LogP contribution in [0.5, 0.6) is 0 Å². The number of carbonyl (C=O) groups excluding carboxylic acids is 5. The molecular formula is C52H54Cl2F2N8O9. The van der Waals surface area contributed by atoms with Crippen molar-refractivity contribution < 1.29 is 51.7 Å². The summed E-state index contributed by atoms with van der Waals surface area (Å²) in [6.07, 6.45) is 4.79. The fourth-order valence-corrected chi connectivity index (χ4v) is 8.58. The summed E-state index contributed by atoms with van der Waals surface area (Å²) in [4.78, 5) is 77.6. The van der Waals surface area contributed by atoms with Crippen LogP contribution in [0.2, 0.25) is 5.02 Å². The molecule has 5 amide bonds. The van der Waals surface area contributed by atoms with Crippen molar-refractivity contribution in [1.29, 1.82) is 0 Å². The van der Waals surface area contributed by atoms with Gasteiger partial charge in [0.15, 0.2) is 0 Å². The molecule has 384 valence electrons. The van der Waals surface area contributed by atoms with Crippen LogP contribution in [0.25, 0.3) is 11.3 Å². The standard InChI is InChI=1S/C52H53ClF2N8O9.ClH/c53-34-12-15-36-38(28-34)48(46-40(54)7-5-8-41(46)55)57-29-33-30-58-52(62-47(33)36)59-35-13-10-32(11-14-35)49(66)56-19-23-69-20-2-1-3-21-70-24-26-72-27-25-71-22-18-45(65)60-42-9-4-6-37-39(42)31-63(51(37)68)43-16-17-44(64)61-50(43)67;/h4-15,28,30,43H,1-3,16-27,29,31H2,(H,56,66)(H,60,65)(H,58,59,62)(H,61,64,67);1H. The number of amides is 5. The first-order chi connectivity index (χ1) is 35.0. The van der Waals surface area contributed by atoms with E-state index >= 15 is 0 Å². The SMILES string of the molecule is Cl.O=C1CCC(N2Cc3c(NC(=O)CCOCCOCCOCCCCCOCCNC(=O)c4ccc(Nc5ncc6c(n5)-c5ccc(Cl)cc5C(c5c(F)cccc5F)=NC6)cc4)cccc3C2=O)C(=O)N1. The van der Waals surface area contributed by atoms with Gasteiger partial charge in [-0.05, 0) is 86.3 Å². The van der Waals surface area contributed by atoms with Crippen molar-refractivity contribution in [2.24, 2.45) is 4.99 Å². The van der Waals surface area contributed by atoms with Crippen LogP contribution < -0.4 is 21.3 Å². The average Bonchev–Trinajstić information content (AvgIpc) is 3.62. The lowest BCUT2D eigenvalue weighted by atomic mass is 9.95. The molecule has 1 saturated heterocycles. The Morgan fingerprint density at radius 1 is 0.795 bits per heavy atom. The Morgan fingerprint density at radius 3 is 2.23 bits per heavy atom. The maximum absolute atomic E-state index is 14.9. The minimum atomic E-state index is -0.737. The fraction of sp³-hybridized carbons (Fsp3) is 0.346. The third-order valence-corrected chi connectivity index (χ3v) is 12.3. The van der Waals surface area contributed by atoms with Gasteiger partial charge in [-0.3, -0.25) is 34.3 Å². The van der Waals surface area contributed by atoms with Crippen molar-refractivity contribution in [1.82, 2.24) is 25.5 Å². The second-order valence-corrected chi connectivity index (χ2v) is 17.5. The Bertz CT molecular complexity index is 2820. The topological polar surface area (TPSA) is 212 Å². The molecule has 4 N–H and O–H groups in total. The number of carbonyl (C=O) groups is 5. The van der Waals surface area contributed by atoms with Crippen LogP contribution in [0.4, 0.5) is 26.1 Å². The van der Waals surface area contributed by atoms with Gasteiger partial charge in [0.1, 0.15) is 17.7 Å². The molecule has 21 heteroatoms. The predicted octanol–water partition coefficient (Wildman–Crippen LogP) is 7.35. The van der Waals surface area contributed by atoms with Crippen molar-refractivity contribution in [3.05, 3.63) is 135 Å². The van der Waals surface area contributed by atoms with Gasteiger partial charge in [-0.2, -0.15) is 0 Å². The zero-order valence-corrected chi connectivity index (χ0v) is 41.3. The van der Waals surface area contributed by atoms with E-state index in [1.807, 2.05) is 0 Å². The van der Waals surface area contributed by atoms with E-state index in [2.05, 4.69) is 31.2 Å². The molecule has 0 radical (unpaired) electrons. The molecule has 5 aromatic rings. The first kappa shape index (κ1) is 54.0. The van der Waals surface area contributed by atoms with E-state index in [1.165, 1.54) is 23.1 Å². The minimum absolute atomic E-state index is 0. The number of hydrogen-bond donors (Lipinski definition) is 4. The number of benzene rings is 4. The van der Waals surface area contributed by atoms with Crippen molar-refractivity contribution >= 4 is 76.6 Å². The Labute approximate surface area is 431 Å². The number of anilines is 3. The van der Waals surface area contributed by atoms with Gasteiger partial charge in [-0.25, -0.2) is 18.7 Å². The van der Waals surface area contributed by atoms with Crippen molar-refractivity contribution in [2.75, 3.05) is 70.0 Å². The molecule has 1 atom stereocenters. The number of nitrogens with one attached hydrogen (secondary N) is 4. The molecule has 73 heavy (non-hydrogen) atoms. The number of halogens is 4. The van der Waals surface area contributed by atoms with Gasteiger partial charge < -0.3 is 39.8 Å². The summed E-state index contributed by atoms with van der Waals surface area (Å²) in [5.41, 5.74) is 4.81. The van der Waals surface area contributed by atoms with E-state index < -0.39 is 23.6 Å². The summed E-state index contributed by atoms with van der Waals surface area (Å²) in [5.74, 6) is -2.86. The smallest absolute Gasteiger partial charge is 0.255 e. The first-order valence-corrected chi connectivity index (χ1v) is 24.1. The molecule has 17 nitrogen and oxygen atoms in total. The molecule has 1 aromatic heterocycles. The van der Waals surface area contributed by atoms with Gasteiger partial charge >= 0.3 is 0 Å². The quantitative estimate of drug-likeness (QED) is 0.0353. The minimum Gasteiger partial charge on any atom is -0.380 e. The van der Waals surface area contributed by atoms with Gasteiger partial charge in [0.25, 0.3) is 11.8 Å². The maximum atomic E-state index is 14.9. The van der Waals surface area contributed by atoms with E-state index in [4.69, 9.17) is 35.5 Å². The summed E-state index contributed by atoms with van der Waals surface area (Å²) >= 11 is 6.34. The van der Waals surface area contributed by atoms with Gasteiger partial charge in [-0.15, -0.1) is 12.4 Å². The van der Waals surface area contributed by atoms with Crippen molar-refractivity contribution in [2.45, 2.75) is 57.7 Å². The predicted molar refractivity (Wildman–Crippen MR) is 270 cm³/mol. The number of imide groups is 1. The summed E-state index contributed by atoms with van der Waals surface area (Å²) < 4.78 is 52.3. The van der Waals surface area contributed by atoms with Crippen LogP contribution in [0.15, 0.2) is 90.1 Å². The largest absolute Gasteiger partial charge is 0.380 e. The molecule has 0 saturated carbocycles. The molecule has 4 heterocycles. The van der Waals surface area contributed by atoms with E-state index in [0.29, 0.717) is 108 Å². The average molecular weight is 1040 g/mol. The molecular weight excluding hydrogens is 990 g/mol. The van der Waals surface area contributed by atoms with Crippen LogP contribution in [0.1, 0.15) is 81.5 Å². The summed E-state index contributed by atoms with van der Waals surface area (Å²) in [7, 11) is 0. The molecule has 0 bridgehead atoms. The highest BCUT2D eigenvalue weighted by Gasteiger charge is 2.40. The Kier molecular flexibility index (Phi) is 19.5. The molecule has 1 fully saturated rings. The Hall–Kier alpha value is -6.74. The number of unbranched alkanes of at least 4 members (excludes halogenated alkanes) is 2. The lowest BCUT2D eigenvalue weighted by molar-refractivity contribution is -0.137. The summed E-state index contributed by atoms with van der Waals surface area (Å²) in [5, 5.41) is 11.5. The van der Waals surface area contributed by atoms with Crippen molar-refractivity contribution in [3.8, 4) is 11.3 Å². The number of aliphatic imine (C=N–C) groups is 1. The Balaban J connectivity index is 0.00000780. The van der Waals surface area contributed by atoms with Crippen LogP contribution in [-0.2, 0) is 46.4 Å². The normalized spacial score (nSPS) is 14.8.